The molecule has 3 aromatic carbocycles. The molecule has 0 saturated carbocycles. The Kier molecular flexibility index (Phi) is 7.45. The average Bonchev–Trinajstić information content (AvgIpc) is 3.14. The molecule has 0 radical (unpaired) electrons. The molecule has 0 bridgehead atoms. The summed E-state index contributed by atoms with van der Waals surface area (Å²) in [5.41, 5.74) is 2.65. The lowest BCUT2D eigenvalue weighted by molar-refractivity contribution is -0.119. The molecular weight excluding hydrogens is 466 g/mol. The number of benzene rings is 3. The number of nitrogens with zero attached hydrogens (tertiary/aromatic N) is 4. The third-order valence-electron chi connectivity index (χ3n) is 5.32. The van der Waals surface area contributed by atoms with Crippen LogP contribution in [0.15, 0.2) is 84.9 Å². The maximum absolute atomic E-state index is 13.4. The number of amides is 1. The van der Waals surface area contributed by atoms with Crippen LogP contribution in [-0.2, 0) is 17.9 Å². The van der Waals surface area contributed by atoms with Crippen molar-refractivity contribution in [3.63, 3.8) is 0 Å². The van der Waals surface area contributed by atoms with Crippen LogP contribution in [0.3, 0.4) is 0 Å². The van der Waals surface area contributed by atoms with E-state index in [-0.39, 0.29) is 18.5 Å². The van der Waals surface area contributed by atoms with Gasteiger partial charge in [0.25, 0.3) is 0 Å². The molecule has 4 rings (SSSR count). The zero-order valence-electron chi connectivity index (χ0n) is 19.1. The van der Waals surface area contributed by atoms with Gasteiger partial charge in [-0.1, -0.05) is 48.0 Å². The van der Waals surface area contributed by atoms with E-state index >= 15 is 0 Å². The van der Waals surface area contributed by atoms with Gasteiger partial charge in [-0.2, -0.15) is 5.10 Å². The number of aromatic nitrogens is 3. The van der Waals surface area contributed by atoms with E-state index in [1.807, 2.05) is 103 Å². The summed E-state index contributed by atoms with van der Waals surface area (Å²) in [5.74, 6) is 0.627. The molecule has 1 N–H and O–H groups in total. The monoisotopic (exact) mass is 491 g/mol. The summed E-state index contributed by atoms with van der Waals surface area (Å²) < 4.78 is 3.96. The molecule has 8 heteroatoms. The van der Waals surface area contributed by atoms with Gasteiger partial charge in [0.05, 0.1) is 6.54 Å². The molecule has 174 valence electrons. The molecule has 1 amide bonds. The summed E-state index contributed by atoms with van der Waals surface area (Å²) in [5, 5.41) is 8.77. The highest BCUT2D eigenvalue weighted by molar-refractivity contribution is 7.71. The van der Waals surface area contributed by atoms with Crippen molar-refractivity contribution in [2.75, 3.05) is 10.2 Å². The summed E-state index contributed by atoms with van der Waals surface area (Å²) in [6, 6.07) is 26.9. The Bertz CT molecular complexity index is 1300. The second-order valence-electron chi connectivity index (χ2n) is 8.08. The van der Waals surface area contributed by atoms with Crippen LogP contribution in [0.4, 0.5) is 11.4 Å². The largest absolute Gasteiger partial charge is 0.378 e. The molecule has 0 aliphatic carbocycles. The Labute approximate surface area is 209 Å². The molecule has 0 aliphatic heterocycles. The van der Waals surface area contributed by atoms with Crippen LogP contribution >= 0.6 is 23.8 Å². The van der Waals surface area contributed by atoms with Gasteiger partial charge in [-0.05, 0) is 74.6 Å². The Morgan fingerprint density at radius 2 is 1.62 bits per heavy atom. The fraction of sp³-hybridized carbons (Fsp3) is 0.192. The van der Waals surface area contributed by atoms with Crippen molar-refractivity contribution < 1.29 is 4.79 Å². The molecule has 4 aromatic rings. The smallest absolute Gasteiger partial charge is 0.249 e. The minimum atomic E-state index is -0.0766. The minimum absolute atomic E-state index is 0.00803. The Morgan fingerprint density at radius 3 is 2.24 bits per heavy atom. The minimum Gasteiger partial charge on any atom is -0.378 e. The van der Waals surface area contributed by atoms with Gasteiger partial charge in [0.2, 0.25) is 10.7 Å². The number of carbonyl (C=O) groups is 1. The fourth-order valence-corrected chi connectivity index (χ4v) is 4.22. The number of hydrogen-bond donors (Lipinski definition) is 1. The average molecular weight is 492 g/mol. The molecular formula is C26H26ClN5OS. The van der Waals surface area contributed by atoms with E-state index in [1.165, 1.54) is 0 Å². The van der Waals surface area contributed by atoms with Gasteiger partial charge < -0.3 is 10.2 Å². The summed E-state index contributed by atoms with van der Waals surface area (Å²) in [6.45, 7) is 4.45. The molecule has 6 nitrogen and oxygen atoms in total. The van der Waals surface area contributed by atoms with Gasteiger partial charge in [-0.3, -0.25) is 9.36 Å². The van der Waals surface area contributed by atoms with Gasteiger partial charge in [0, 0.05) is 28.1 Å². The van der Waals surface area contributed by atoms with Crippen LogP contribution in [0.25, 0.3) is 5.69 Å². The maximum atomic E-state index is 13.4. The van der Waals surface area contributed by atoms with Crippen molar-refractivity contribution in [1.29, 1.82) is 0 Å². The SMILES string of the molecule is CC(C)N(C(=O)Cn1nc(CNc2ccc(Cl)cc2)n(-c2ccccc2)c1=S)c1ccccc1. The number of para-hydroxylation sites is 2. The van der Waals surface area contributed by atoms with Crippen LogP contribution in [0.1, 0.15) is 19.7 Å². The Balaban J connectivity index is 1.65. The second kappa shape index (κ2) is 10.7. The normalized spacial score (nSPS) is 10.9. The number of rotatable bonds is 8. The van der Waals surface area contributed by atoms with E-state index in [0.717, 1.165) is 17.1 Å². The molecule has 0 atom stereocenters. The predicted octanol–water partition coefficient (Wildman–Crippen LogP) is 6.11. The van der Waals surface area contributed by atoms with Crippen LogP contribution < -0.4 is 10.2 Å². The second-order valence-corrected chi connectivity index (χ2v) is 8.88. The molecule has 0 aliphatic rings. The summed E-state index contributed by atoms with van der Waals surface area (Å²) in [6.07, 6.45) is 0. The first kappa shape index (κ1) is 23.7. The number of anilines is 2. The van der Waals surface area contributed by atoms with E-state index in [1.54, 1.807) is 9.58 Å². The van der Waals surface area contributed by atoms with E-state index in [0.29, 0.717) is 22.2 Å². The first-order valence-electron chi connectivity index (χ1n) is 11.0. The summed E-state index contributed by atoms with van der Waals surface area (Å²) >= 11 is 11.8. The highest BCUT2D eigenvalue weighted by Gasteiger charge is 2.22. The van der Waals surface area contributed by atoms with Crippen LogP contribution in [0.2, 0.25) is 5.02 Å². The van der Waals surface area contributed by atoms with Crippen molar-refractivity contribution in [2.24, 2.45) is 0 Å². The number of nitrogens with one attached hydrogen (secondary N) is 1. The highest BCUT2D eigenvalue weighted by Crippen LogP contribution is 2.19. The Morgan fingerprint density at radius 1 is 1.00 bits per heavy atom. The van der Waals surface area contributed by atoms with Crippen molar-refractivity contribution >= 4 is 41.1 Å². The number of hydrogen-bond acceptors (Lipinski definition) is 4. The molecule has 0 unspecified atom stereocenters. The fourth-order valence-electron chi connectivity index (χ4n) is 3.78. The van der Waals surface area contributed by atoms with E-state index in [2.05, 4.69) is 5.32 Å². The zero-order valence-corrected chi connectivity index (χ0v) is 20.6. The molecule has 0 saturated heterocycles. The van der Waals surface area contributed by atoms with Crippen molar-refractivity contribution in [3.05, 3.63) is 101 Å². The molecule has 0 fully saturated rings. The van der Waals surface area contributed by atoms with E-state index in [9.17, 15) is 4.79 Å². The quantitative estimate of drug-likeness (QED) is 0.302. The van der Waals surface area contributed by atoms with E-state index in [4.69, 9.17) is 28.9 Å². The van der Waals surface area contributed by atoms with Gasteiger partial charge in [0.1, 0.15) is 6.54 Å². The van der Waals surface area contributed by atoms with Crippen LogP contribution in [0, 0.1) is 4.77 Å². The van der Waals surface area contributed by atoms with Crippen LogP contribution in [-0.4, -0.2) is 26.3 Å². The highest BCUT2D eigenvalue weighted by atomic mass is 35.5. The van der Waals surface area contributed by atoms with Crippen molar-refractivity contribution in [1.82, 2.24) is 14.3 Å². The third kappa shape index (κ3) is 5.38. The standard InChI is InChI=1S/C26H26ClN5OS/c1-19(2)31(22-9-5-3-6-10-22)25(33)18-30-26(34)32(23-11-7-4-8-12-23)24(29-30)17-28-21-15-13-20(27)14-16-21/h3-16,19,28H,17-18H2,1-2H3. The lowest BCUT2D eigenvalue weighted by atomic mass is 10.2. The van der Waals surface area contributed by atoms with Crippen molar-refractivity contribution in [2.45, 2.75) is 33.0 Å². The Hall–Kier alpha value is -3.42. The zero-order chi connectivity index (χ0) is 24.1. The lowest BCUT2D eigenvalue weighted by Gasteiger charge is -2.26. The number of carbonyl (C=O) groups excluding carboxylic acids is 1. The van der Waals surface area contributed by atoms with Crippen LogP contribution in [0.5, 0.6) is 0 Å². The summed E-state index contributed by atoms with van der Waals surface area (Å²) in [4.78, 5) is 15.1. The molecule has 0 spiro atoms. The molecule has 1 aromatic heterocycles. The number of halogens is 1. The van der Waals surface area contributed by atoms with E-state index < -0.39 is 0 Å². The van der Waals surface area contributed by atoms with Crippen molar-refractivity contribution in [3.8, 4) is 5.69 Å². The summed E-state index contributed by atoms with van der Waals surface area (Å²) in [7, 11) is 0. The lowest BCUT2D eigenvalue weighted by Crippen LogP contribution is -2.39. The molecule has 34 heavy (non-hydrogen) atoms. The van der Waals surface area contributed by atoms with Gasteiger partial charge in [-0.15, -0.1) is 0 Å². The van der Waals surface area contributed by atoms with Gasteiger partial charge in [-0.25, -0.2) is 4.68 Å². The topological polar surface area (TPSA) is 55.1 Å². The molecule has 1 heterocycles. The van der Waals surface area contributed by atoms with Gasteiger partial charge in [0.15, 0.2) is 5.82 Å². The first-order valence-corrected chi connectivity index (χ1v) is 11.8. The van der Waals surface area contributed by atoms with Gasteiger partial charge >= 0.3 is 0 Å². The third-order valence-corrected chi connectivity index (χ3v) is 5.97. The predicted molar refractivity (Wildman–Crippen MR) is 140 cm³/mol. The first-order chi connectivity index (χ1) is 16.4. The maximum Gasteiger partial charge on any atom is 0.249 e.